The fourth-order valence-corrected chi connectivity index (χ4v) is 4.67. The summed E-state index contributed by atoms with van der Waals surface area (Å²) in [6.45, 7) is 0.240. The van der Waals surface area contributed by atoms with Crippen LogP contribution in [0.3, 0.4) is 0 Å². The molecule has 148 valence electrons. The smallest absolute Gasteiger partial charge is 0.338 e. The molecule has 2 heterocycles. The van der Waals surface area contributed by atoms with Crippen molar-refractivity contribution in [1.82, 2.24) is 9.88 Å². The third-order valence-corrected chi connectivity index (χ3v) is 6.11. The quantitative estimate of drug-likeness (QED) is 0.839. The molecule has 1 N–H and O–H groups in total. The van der Waals surface area contributed by atoms with Crippen LogP contribution in [-0.2, 0) is 35.2 Å². The normalized spacial score (nSPS) is 19.2. The van der Waals surface area contributed by atoms with E-state index in [1.807, 2.05) is 0 Å². The average Bonchev–Trinajstić information content (AvgIpc) is 3.30. The van der Waals surface area contributed by atoms with E-state index in [1.54, 1.807) is 6.07 Å². The Morgan fingerprint density at radius 2 is 2.14 bits per heavy atom. The third kappa shape index (κ3) is 3.89. The Bertz CT molecular complexity index is 904. The standard InChI is InChI=1S/C19H18F3N3O2S/c20-19(21,22)13-4-1-3-11(7-13)9-25-10-12(8-16(25)26)17(27)24-18-23-14-5-2-6-15(14)28-18/h1,3-4,7,12H,2,5-6,8-10H2,(H,23,24,27). The van der Waals surface area contributed by atoms with Crippen molar-refractivity contribution >= 4 is 28.3 Å². The molecule has 4 rings (SSSR count). The number of nitrogens with one attached hydrogen (secondary N) is 1. The van der Waals surface area contributed by atoms with Crippen LogP contribution in [0.25, 0.3) is 0 Å². The van der Waals surface area contributed by atoms with E-state index >= 15 is 0 Å². The van der Waals surface area contributed by atoms with E-state index < -0.39 is 17.7 Å². The summed E-state index contributed by atoms with van der Waals surface area (Å²) in [7, 11) is 0. The van der Waals surface area contributed by atoms with Gasteiger partial charge in [-0.25, -0.2) is 4.98 Å². The number of carbonyl (C=O) groups is 2. The second-order valence-electron chi connectivity index (χ2n) is 7.11. The first kappa shape index (κ1) is 18.9. The number of alkyl halides is 3. The lowest BCUT2D eigenvalue weighted by atomic mass is 10.1. The van der Waals surface area contributed by atoms with Gasteiger partial charge in [0, 0.05) is 24.4 Å². The average molecular weight is 409 g/mol. The molecule has 1 aromatic carbocycles. The molecular weight excluding hydrogens is 391 g/mol. The van der Waals surface area contributed by atoms with E-state index in [2.05, 4.69) is 10.3 Å². The maximum atomic E-state index is 12.9. The van der Waals surface area contributed by atoms with Crippen LogP contribution in [0.4, 0.5) is 18.3 Å². The van der Waals surface area contributed by atoms with Gasteiger partial charge in [0.2, 0.25) is 11.8 Å². The number of halogens is 3. The summed E-state index contributed by atoms with van der Waals surface area (Å²) < 4.78 is 38.6. The van der Waals surface area contributed by atoms with Crippen LogP contribution in [0, 0.1) is 5.92 Å². The van der Waals surface area contributed by atoms with Gasteiger partial charge in [-0.1, -0.05) is 12.1 Å². The molecule has 1 aliphatic heterocycles. The molecule has 0 radical (unpaired) electrons. The molecule has 2 aliphatic rings. The predicted molar refractivity (Wildman–Crippen MR) is 97.7 cm³/mol. The summed E-state index contributed by atoms with van der Waals surface area (Å²) in [4.78, 5) is 31.8. The summed E-state index contributed by atoms with van der Waals surface area (Å²) in [5.41, 5.74) is 0.678. The van der Waals surface area contributed by atoms with Crippen LogP contribution in [0.1, 0.15) is 34.5 Å². The van der Waals surface area contributed by atoms with Crippen LogP contribution in [0.5, 0.6) is 0 Å². The van der Waals surface area contributed by atoms with Crippen molar-refractivity contribution in [2.75, 3.05) is 11.9 Å². The number of hydrogen-bond donors (Lipinski definition) is 1. The molecule has 9 heteroatoms. The Labute approximate surface area is 163 Å². The van der Waals surface area contributed by atoms with Gasteiger partial charge in [0.1, 0.15) is 0 Å². The van der Waals surface area contributed by atoms with Crippen molar-refractivity contribution < 1.29 is 22.8 Å². The molecule has 2 aromatic rings. The summed E-state index contributed by atoms with van der Waals surface area (Å²) in [5, 5.41) is 3.34. The minimum absolute atomic E-state index is 0.0515. The zero-order chi connectivity index (χ0) is 19.9. The van der Waals surface area contributed by atoms with Crippen molar-refractivity contribution in [3.63, 3.8) is 0 Å². The Morgan fingerprint density at radius 3 is 2.89 bits per heavy atom. The van der Waals surface area contributed by atoms with Crippen LogP contribution in [-0.4, -0.2) is 28.2 Å². The summed E-state index contributed by atoms with van der Waals surface area (Å²) >= 11 is 1.47. The molecule has 1 unspecified atom stereocenters. The molecule has 0 saturated carbocycles. The Morgan fingerprint density at radius 1 is 1.32 bits per heavy atom. The summed E-state index contributed by atoms with van der Waals surface area (Å²) in [6.07, 6.45) is -1.38. The predicted octanol–water partition coefficient (Wildman–Crippen LogP) is 3.64. The lowest BCUT2D eigenvalue weighted by Gasteiger charge is -2.17. The molecule has 0 spiro atoms. The Balaban J connectivity index is 1.39. The number of thiazole rings is 1. The van der Waals surface area contributed by atoms with Gasteiger partial charge in [-0.15, -0.1) is 11.3 Å². The second kappa shape index (κ2) is 7.20. The summed E-state index contributed by atoms with van der Waals surface area (Å²) in [6, 6.07) is 4.91. The molecule has 28 heavy (non-hydrogen) atoms. The number of nitrogens with zero attached hydrogens (tertiary/aromatic N) is 2. The molecule has 1 saturated heterocycles. The molecule has 1 atom stereocenters. The maximum absolute atomic E-state index is 12.9. The van der Waals surface area contributed by atoms with Crippen LogP contribution < -0.4 is 5.32 Å². The minimum atomic E-state index is -4.43. The van der Waals surface area contributed by atoms with Crippen molar-refractivity contribution in [2.24, 2.45) is 5.92 Å². The maximum Gasteiger partial charge on any atom is 0.416 e. The molecule has 1 aromatic heterocycles. The van der Waals surface area contributed by atoms with Crippen LogP contribution in [0.15, 0.2) is 24.3 Å². The number of amides is 2. The van der Waals surface area contributed by atoms with E-state index in [1.165, 1.54) is 27.2 Å². The van der Waals surface area contributed by atoms with Gasteiger partial charge in [-0.2, -0.15) is 13.2 Å². The highest BCUT2D eigenvalue weighted by molar-refractivity contribution is 7.15. The number of anilines is 1. The van der Waals surface area contributed by atoms with E-state index in [9.17, 15) is 22.8 Å². The number of rotatable bonds is 4. The molecule has 1 fully saturated rings. The molecular formula is C19H18F3N3O2S. The van der Waals surface area contributed by atoms with Gasteiger partial charge in [0.05, 0.1) is 17.2 Å². The molecule has 1 aliphatic carbocycles. The van der Waals surface area contributed by atoms with Crippen molar-refractivity contribution in [3.05, 3.63) is 46.0 Å². The highest BCUT2D eigenvalue weighted by Crippen LogP contribution is 2.32. The minimum Gasteiger partial charge on any atom is -0.338 e. The van der Waals surface area contributed by atoms with E-state index in [-0.39, 0.29) is 31.3 Å². The number of likely N-dealkylation sites (tertiary alicyclic amines) is 1. The van der Waals surface area contributed by atoms with Crippen LogP contribution in [0.2, 0.25) is 0 Å². The SMILES string of the molecule is O=C(Nc1nc2c(s1)CCC2)C1CC(=O)N(Cc2cccc(C(F)(F)F)c2)C1. The first-order chi connectivity index (χ1) is 13.3. The van der Waals surface area contributed by atoms with Gasteiger partial charge in [0.25, 0.3) is 0 Å². The van der Waals surface area contributed by atoms with Crippen LogP contribution >= 0.6 is 11.3 Å². The zero-order valence-electron chi connectivity index (χ0n) is 14.9. The fourth-order valence-electron chi connectivity index (χ4n) is 3.62. The van der Waals surface area contributed by atoms with Gasteiger partial charge < -0.3 is 10.2 Å². The Kier molecular flexibility index (Phi) is 4.86. The first-order valence-corrected chi connectivity index (χ1v) is 9.84. The largest absolute Gasteiger partial charge is 0.416 e. The van der Waals surface area contributed by atoms with E-state index in [4.69, 9.17) is 0 Å². The Hall–Kier alpha value is -2.42. The fraction of sp³-hybridized carbons (Fsp3) is 0.421. The van der Waals surface area contributed by atoms with Gasteiger partial charge in [-0.3, -0.25) is 9.59 Å². The number of hydrogen-bond acceptors (Lipinski definition) is 4. The van der Waals surface area contributed by atoms with Gasteiger partial charge >= 0.3 is 6.18 Å². The number of carbonyl (C=O) groups excluding carboxylic acids is 2. The number of fused-ring (bicyclic) bond motifs is 1. The number of benzene rings is 1. The van der Waals surface area contributed by atoms with Gasteiger partial charge in [0.15, 0.2) is 5.13 Å². The van der Waals surface area contributed by atoms with Crippen molar-refractivity contribution in [1.29, 1.82) is 0 Å². The highest BCUT2D eigenvalue weighted by Gasteiger charge is 2.35. The number of aryl methyl sites for hydroxylation is 2. The number of aromatic nitrogens is 1. The third-order valence-electron chi connectivity index (χ3n) is 5.04. The highest BCUT2D eigenvalue weighted by atomic mass is 32.1. The molecule has 0 bridgehead atoms. The van der Waals surface area contributed by atoms with Crippen molar-refractivity contribution in [2.45, 2.75) is 38.4 Å². The lowest BCUT2D eigenvalue weighted by molar-refractivity contribution is -0.137. The topological polar surface area (TPSA) is 62.3 Å². The van der Waals surface area contributed by atoms with E-state index in [0.717, 1.165) is 37.1 Å². The lowest BCUT2D eigenvalue weighted by Crippen LogP contribution is -2.28. The monoisotopic (exact) mass is 409 g/mol. The second-order valence-corrected chi connectivity index (χ2v) is 8.19. The molecule has 2 amide bonds. The van der Waals surface area contributed by atoms with Gasteiger partial charge in [-0.05, 0) is 37.0 Å². The first-order valence-electron chi connectivity index (χ1n) is 9.03. The van der Waals surface area contributed by atoms with E-state index in [0.29, 0.717) is 10.7 Å². The van der Waals surface area contributed by atoms with Crippen molar-refractivity contribution in [3.8, 4) is 0 Å². The molecule has 5 nitrogen and oxygen atoms in total. The summed E-state index contributed by atoms with van der Waals surface area (Å²) in [5.74, 6) is -1.04. The zero-order valence-corrected chi connectivity index (χ0v) is 15.7.